The number of carbonyl (C=O) groups is 1. The second-order valence-corrected chi connectivity index (χ2v) is 6.14. The van der Waals surface area contributed by atoms with Gasteiger partial charge in [0.15, 0.2) is 0 Å². The van der Waals surface area contributed by atoms with E-state index in [1.165, 1.54) is 5.56 Å². The largest absolute Gasteiger partial charge is 0.496 e. The first-order chi connectivity index (χ1) is 11.8. The Morgan fingerprint density at radius 2 is 2.21 bits per heavy atom. The molecular weight excluding hydrogens is 304 g/mol. The van der Waals surface area contributed by atoms with E-state index in [4.69, 9.17) is 9.15 Å². The number of ether oxygens (including phenoxy) is 1. The van der Waals surface area contributed by atoms with Crippen LogP contribution in [0.15, 0.2) is 47.1 Å². The van der Waals surface area contributed by atoms with Crippen molar-refractivity contribution in [2.75, 3.05) is 20.2 Å². The summed E-state index contributed by atoms with van der Waals surface area (Å²) in [4.78, 5) is 14.5. The second kappa shape index (κ2) is 8.02. The summed E-state index contributed by atoms with van der Waals surface area (Å²) in [5.74, 6) is 1.74. The van der Waals surface area contributed by atoms with Crippen LogP contribution in [0.4, 0.5) is 0 Å². The van der Waals surface area contributed by atoms with Crippen LogP contribution in [0.3, 0.4) is 0 Å². The monoisotopic (exact) mass is 328 g/mol. The fourth-order valence-electron chi connectivity index (χ4n) is 3.30. The molecule has 1 atom stereocenters. The highest BCUT2D eigenvalue weighted by molar-refractivity contribution is 5.78. The number of benzene rings is 1. The van der Waals surface area contributed by atoms with Crippen molar-refractivity contribution < 1.29 is 13.9 Å². The number of furan rings is 1. The van der Waals surface area contributed by atoms with Crippen molar-refractivity contribution in [2.24, 2.45) is 0 Å². The zero-order valence-corrected chi connectivity index (χ0v) is 14.0. The Morgan fingerprint density at radius 1 is 1.33 bits per heavy atom. The normalized spacial score (nSPS) is 17.8. The number of rotatable bonds is 7. The number of amides is 1. The van der Waals surface area contributed by atoms with E-state index in [0.717, 1.165) is 37.3 Å². The molecule has 1 N–H and O–H groups in total. The van der Waals surface area contributed by atoms with Gasteiger partial charge >= 0.3 is 0 Å². The summed E-state index contributed by atoms with van der Waals surface area (Å²) < 4.78 is 10.7. The van der Waals surface area contributed by atoms with Crippen molar-refractivity contribution in [3.8, 4) is 5.75 Å². The van der Waals surface area contributed by atoms with E-state index in [2.05, 4.69) is 16.3 Å². The fourth-order valence-corrected chi connectivity index (χ4v) is 3.30. The highest BCUT2D eigenvalue weighted by Crippen LogP contribution is 2.25. The van der Waals surface area contributed by atoms with E-state index in [-0.39, 0.29) is 5.91 Å². The SMILES string of the molecule is COc1ccccc1CC1CCCN1CC(=O)NCc1ccco1. The number of carbonyl (C=O) groups excluding carboxylic acids is 1. The van der Waals surface area contributed by atoms with Gasteiger partial charge in [-0.25, -0.2) is 0 Å². The number of para-hydroxylation sites is 1. The molecule has 2 heterocycles. The van der Waals surface area contributed by atoms with Crippen molar-refractivity contribution in [3.05, 3.63) is 54.0 Å². The average Bonchev–Trinajstić information content (AvgIpc) is 3.26. The number of methoxy groups -OCH3 is 1. The molecule has 1 aliphatic rings. The lowest BCUT2D eigenvalue weighted by Gasteiger charge is -2.24. The molecule has 1 unspecified atom stereocenters. The van der Waals surface area contributed by atoms with Crippen LogP contribution in [0, 0.1) is 0 Å². The molecule has 5 heteroatoms. The summed E-state index contributed by atoms with van der Waals surface area (Å²) in [5.41, 5.74) is 1.20. The molecule has 0 radical (unpaired) electrons. The third kappa shape index (κ3) is 4.17. The first-order valence-corrected chi connectivity index (χ1v) is 8.41. The van der Waals surface area contributed by atoms with E-state index in [9.17, 15) is 4.79 Å². The Kier molecular flexibility index (Phi) is 5.54. The zero-order valence-electron chi connectivity index (χ0n) is 14.0. The standard InChI is InChI=1S/C19H24N2O3/c1-23-18-9-3-2-6-15(18)12-16-7-4-10-21(16)14-19(22)20-13-17-8-5-11-24-17/h2-3,5-6,8-9,11,16H,4,7,10,12-14H2,1H3,(H,20,22). The third-order valence-electron chi connectivity index (χ3n) is 4.53. The van der Waals surface area contributed by atoms with E-state index in [0.29, 0.717) is 19.1 Å². The lowest BCUT2D eigenvalue weighted by molar-refractivity contribution is -0.122. The summed E-state index contributed by atoms with van der Waals surface area (Å²) in [6.07, 6.45) is 4.77. The maximum Gasteiger partial charge on any atom is 0.234 e. The van der Waals surface area contributed by atoms with Crippen molar-refractivity contribution in [1.29, 1.82) is 0 Å². The molecule has 0 aliphatic carbocycles. The minimum atomic E-state index is 0.0401. The maximum absolute atomic E-state index is 12.2. The van der Waals surface area contributed by atoms with Crippen LogP contribution in [0.25, 0.3) is 0 Å². The van der Waals surface area contributed by atoms with Crippen LogP contribution < -0.4 is 10.1 Å². The summed E-state index contributed by atoms with van der Waals surface area (Å²) >= 11 is 0. The zero-order chi connectivity index (χ0) is 16.8. The van der Waals surface area contributed by atoms with Crippen LogP contribution in [0.2, 0.25) is 0 Å². The first-order valence-electron chi connectivity index (χ1n) is 8.41. The topological polar surface area (TPSA) is 54.7 Å². The molecule has 2 aromatic rings. The molecule has 1 aliphatic heterocycles. The van der Waals surface area contributed by atoms with Crippen LogP contribution >= 0.6 is 0 Å². The summed E-state index contributed by atoms with van der Waals surface area (Å²) in [5, 5.41) is 2.92. The van der Waals surface area contributed by atoms with E-state index >= 15 is 0 Å². The van der Waals surface area contributed by atoms with Gasteiger partial charge in [-0.05, 0) is 49.6 Å². The molecule has 0 bridgehead atoms. The Labute approximate surface area is 142 Å². The Bertz CT molecular complexity index is 654. The smallest absolute Gasteiger partial charge is 0.234 e. The predicted octanol–water partition coefficient (Wildman–Crippen LogP) is 2.61. The molecule has 3 rings (SSSR count). The molecule has 1 fully saturated rings. The number of nitrogens with zero attached hydrogens (tertiary/aromatic N) is 1. The molecule has 0 saturated carbocycles. The lowest BCUT2D eigenvalue weighted by atomic mass is 10.0. The highest BCUT2D eigenvalue weighted by Gasteiger charge is 2.27. The van der Waals surface area contributed by atoms with Crippen LogP contribution in [-0.2, 0) is 17.8 Å². The summed E-state index contributed by atoms with van der Waals surface area (Å²) in [6, 6.07) is 12.2. The first kappa shape index (κ1) is 16.6. The molecule has 0 spiro atoms. The Hall–Kier alpha value is -2.27. The summed E-state index contributed by atoms with van der Waals surface area (Å²) in [7, 11) is 1.70. The number of nitrogens with one attached hydrogen (secondary N) is 1. The molecule has 1 aromatic heterocycles. The van der Waals surface area contributed by atoms with Crippen molar-refractivity contribution in [3.63, 3.8) is 0 Å². The Morgan fingerprint density at radius 3 is 3.00 bits per heavy atom. The van der Waals surface area contributed by atoms with E-state index in [1.54, 1.807) is 13.4 Å². The van der Waals surface area contributed by atoms with Crippen LogP contribution in [0.1, 0.15) is 24.2 Å². The second-order valence-electron chi connectivity index (χ2n) is 6.14. The van der Waals surface area contributed by atoms with Crippen molar-refractivity contribution >= 4 is 5.91 Å². The van der Waals surface area contributed by atoms with E-state index < -0.39 is 0 Å². The minimum absolute atomic E-state index is 0.0401. The van der Waals surface area contributed by atoms with Crippen LogP contribution in [0.5, 0.6) is 5.75 Å². The third-order valence-corrected chi connectivity index (χ3v) is 4.53. The quantitative estimate of drug-likeness (QED) is 0.849. The minimum Gasteiger partial charge on any atom is -0.496 e. The molecule has 1 amide bonds. The van der Waals surface area contributed by atoms with Gasteiger partial charge in [0.05, 0.1) is 26.5 Å². The number of likely N-dealkylation sites (tertiary alicyclic amines) is 1. The highest BCUT2D eigenvalue weighted by atomic mass is 16.5. The molecule has 5 nitrogen and oxygen atoms in total. The predicted molar refractivity (Wildman–Crippen MR) is 91.8 cm³/mol. The molecule has 128 valence electrons. The maximum atomic E-state index is 12.2. The average molecular weight is 328 g/mol. The van der Waals surface area contributed by atoms with Gasteiger partial charge in [-0.3, -0.25) is 9.69 Å². The molecule has 24 heavy (non-hydrogen) atoms. The van der Waals surface area contributed by atoms with Gasteiger partial charge in [0, 0.05) is 6.04 Å². The van der Waals surface area contributed by atoms with Gasteiger partial charge in [-0.2, -0.15) is 0 Å². The Balaban J connectivity index is 1.54. The van der Waals surface area contributed by atoms with E-state index in [1.807, 2.05) is 30.3 Å². The lowest BCUT2D eigenvalue weighted by Crippen LogP contribution is -2.40. The summed E-state index contributed by atoms with van der Waals surface area (Å²) in [6.45, 7) is 1.84. The van der Waals surface area contributed by atoms with Gasteiger partial charge in [0.1, 0.15) is 11.5 Å². The van der Waals surface area contributed by atoms with Gasteiger partial charge in [-0.1, -0.05) is 18.2 Å². The molecular formula is C19H24N2O3. The van der Waals surface area contributed by atoms with Gasteiger partial charge in [0.25, 0.3) is 0 Å². The van der Waals surface area contributed by atoms with Crippen molar-refractivity contribution in [2.45, 2.75) is 31.8 Å². The number of hydrogen-bond acceptors (Lipinski definition) is 4. The molecule has 1 aromatic carbocycles. The van der Waals surface area contributed by atoms with Gasteiger partial charge < -0.3 is 14.5 Å². The van der Waals surface area contributed by atoms with Crippen molar-refractivity contribution in [1.82, 2.24) is 10.2 Å². The number of hydrogen-bond donors (Lipinski definition) is 1. The molecule has 1 saturated heterocycles. The van der Waals surface area contributed by atoms with Gasteiger partial charge in [0.2, 0.25) is 5.91 Å². The van der Waals surface area contributed by atoms with Crippen LogP contribution in [-0.4, -0.2) is 37.0 Å². The van der Waals surface area contributed by atoms with Gasteiger partial charge in [-0.15, -0.1) is 0 Å². The fraction of sp³-hybridized carbons (Fsp3) is 0.421.